The van der Waals surface area contributed by atoms with Gasteiger partial charge in [-0.3, -0.25) is 14.3 Å². The predicted octanol–water partition coefficient (Wildman–Crippen LogP) is 3.07. The van der Waals surface area contributed by atoms with Gasteiger partial charge in [-0.2, -0.15) is 5.10 Å². The molecule has 0 unspecified atom stereocenters. The average molecular weight is 370 g/mol. The van der Waals surface area contributed by atoms with Crippen LogP contribution in [-0.4, -0.2) is 28.3 Å². The van der Waals surface area contributed by atoms with E-state index < -0.39 is 11.9 Å². The summed E-state index contributed by atoms with van der Waals surface area (Å²) in [5, 5.41) is 7.76. The maximum absolute atomic E-state index is 11.9. The Morgan fingerprint density at radius 2 is 2.00 bits per heavy atom. The molecule has 2 rings (SSSR count). The summed E-state index contributed by atoms with van der Waals surface area (Å²) in [6.07, 6.45) is -0.0335. The van der Waals surface area contributed by atoms with Crippen LogP contribution in [-0.2, 0) is 27.8 Å². The van der Waals surface area contributed by atoms with E-state index in [4.69, 9.17) is 27.9 Å². The number of amides is 1. The van der Waals surface area contributed by atoms with Crippen molar-refractivity contribution >= 4 is 40.8 Å². The van der Waals surface area contributed by atoms with Gasteiger partial charge in [0.05, 0.1) is 23.5 Å². The highest BCUT2D eigenvalue weighted by Crippen LogP contribution is 2.21. The fourth-order valence-electron chi connectivity index (χ4n) is 2.15. The Labute approximate surface area is 149 Å². The summed E-state index contributed by atoms with van der Waals surface area (Å²) in [5.41, 5.74) is 2.73. The van der Waals surface area contributed by atoms with Crippen molar-refractivity contribution in [2.45, 2.75) is 20.3 Å². The summed E-state index contributed by atoms with van der Waals surface area (Å²) in [6, 6.07) is 4.83. The molecule has 0 saturated heterocycles. The van der Waals surface area contributed by atoms with Gasteiger partial charge in [-0.05, 0) is 31.5 Å². The summed E-state index contributed by atoms with van der Waals surface area (Å²) in [4.78, 5) is 23.8. The maximum atomic E-state index is 11.9. The molecule has 0 bridgehead atoms. The Kier molecular flexibility index (Phi) is 5.85. The third-order valence-corrected chi connectivity index (χ3v) is 4.07. The number of hydrogen-bond donors (Lipinski definition) is 1. The monoisotopic (exact) mass is 369 g/mol. The first-order valence-corrected chi connectivity index (χ1v) is 7.93. The van der Waals surface area contributed by atoms with E-state index in [0.29, 0.717) is 27.0 Å². The molecular formula is C16H17Cl2N3O3. The minimum absolute atomic E-state index is 0.0335. The molecule has 0 aliphatic heterocycles. The molecule has 24 heavy (non-hydrogen) atoms. The van der Waals surface area contributed by atoms with Crippen LogP contribution < -0.4 is 5.32 Å². The third-order valence-electron chi connectivity index (χ3n) is 3.49. The zero-order valence-electron chi connectivity index (χ0n) is 13.5. The average Bonchev–Trinajstić information content (AvgIpc) is 2.74. The molecule has 0 aliphatic carbocycles. The number of carbonyl (C=O) groups excluding carboxylic acids is 2. The Morgan fingerprint density at radius 3 is 2.58 bits per heavy atom. The van der Waals surface area contributed by atoms with E-state index in [2.05, 4.69) is 10.4 Å². The zero-order valence-corrected chi connectivity index (χ0v) is 15.0. The predicted molar refractivity (Wildman–Crippen MR) is 92.4 cm³/mol. The van der Waals surface area contributed by atoms with Gasteiger partial charge in [0, 0.05) is 17.1 Å². The quantitative estimate of drug-likeness (QED) is 0.821. The van der Waals surface area contributed by atoms with Crippen LogP contribution in [0.1, 0.15) is 17.0 Å². The highest BCUT2D eigenvalue weighted by Gasteiger charge is 2.15. The number of benzene rings is 1. The van der Waals surface area contributed by atoms with Gasteiger partial charge in [0.15, 0.2) is 6.61 Å². The molecule has 6 nitrogen and oxygen atoms in total. The van der Waals surface area contributed by atoms with Gasteiger partial charge < -0.3 is 10.1 Å². The standard InChI is InChI=1S/C16H17Cl2N3O3/c1-9-16(10(2)21(3)20-9)19-14(22)8-24-15(23)6-11-4-5-12(17)7-13(11)18/h4-5,7H,6,8H2,1-3H3,(H,19,22). The molecule has 8 heteroatoms. The van der Waals surface area contributed by atoms with Gasteiger partial charge in [-0.15, -0.1) is 0 Å². The van der Waals surface area contributed by atoms with Crippen molar-refractivity contribution in [1.82, 2.24) is 9.78 Å². The lowest BCUT2D eigenvalue weighted by Crippen LogP contribution is -2.22. The number of rotatable bonds is 5. The SMILES string of the molecule is Cc1nn(C)c(C)c1NC(=O)COC(=O)Cc1ccc(Cl)cc1Cl. The molecule has 1 aromatic carbocycles. The Morgan fingerprint density at radius 1 is 1.29 bits per heavy atom. The smallest absolute Gasteiger partial charge is 0.310 e. The highest BCUT2D eigenvalue weighted by atomic mass is 35.5. The van der Waals surface area contributed by atoms with Crippen molar-refractivity contribution in [2.24, 2.45) is 7.05 Å². The number of aryl methyl sites for hydroxylation is 2. The van der Waals surface area contributed by atoms with Gasteiger partial charge in [0.1, 0.15) is 0 Å². The number of hydrogen-bond acceptors (Lipinski definition) is 4. The van der Waals surface area contributed by atoms with Crippen molar-refractivity contribution in [1.29, 1.82) is 0 Å². The molecule has 0 radical (unpaired) electrons. The maximum Gasteiger partial charge on any atom is 0.310 e. The fraction of sp³-hybridized carbons (Fsp3) is 0.312. The van der Waals surface area contributed by atoms with Crippen LogP contribution in [0.25, 0.3) is 0 Å². The van der Waals surface area contributed by atoms with Crippen molar-refractivity contribution in [3.05, 3.63) is 45.2 Å². The number of nitrogens with one attached hydrogen (secondary N) is 1. The van der Waals surface area contributed by atoms with Gasteiger partial charge >= 0.3 is 5.97 Å². The second-order valence-corrected chi connectivity index (χ2v) is 6.13. The normalized spacial score (nSPS) is 10.5. The van der Waals surface area contributed by atoms with Crippen LogP contribution in [0.3, 0.4) is 0 Å². The Bertz CT molecular complexity index is 787. The largest absolute Gasteiger partial charge is 0.455 e. The lowest BCUT2D eigenvalue weighted by Gasteiger charge is -2.08. The molecular weight excluding hydrogens is 353 g/mol. The highest BCUT2D eigenvalue weighted by molar-refractivity contribution is 6.35. The Hall–Kier alpha value is -2.05. The van der Waals surface area contributed by atoms with E-state index in [9.17, 15) is 9.59 Å². The molecule has 0 spiro atoms. The van der Waals surface area contributed by atoms with E-state index in [1.807, 2.05) is 6.92 Å². The molecule has 0 atom stereocenters. The first-order valence-electron chi connectivity index (χ1n) is 7.17. The molecule has 128 valence electrons. The number of nitrogens with zero attached hydrogens (tertiary/aromatic N) is 2. The van der Waals surface area contributed by atoms with Gasteiger partial charge in [0.25, 0.3) is 5.91 Å². The van der Waals surface area contributed by atoms with E-state index in [1.165, 1.54) is 0 Å². The van der Waals surface area contributed by atoms with E-state index in [1.54, 1.807) is 36.9 Å². The van der Waals surface area contributed by atoms with Crippen molar-refractivity contribution in [3.63, 3.8) is 0 Å². The minimum Gasteiger partial charge on any atom is -0.455 e. The summed E-state index contributed by atoms with van der Waals surface area (Å²) in [7, 11) is 1.79. The number of ether oxygens (including phenoxy) is 1. The van der Waals surface area contributed by atoms with Crippen LogP contribution in [0.15, 0.2) is 18.2 Å². The van der Waals surface area contributed by atoms with Crippen molar-refractivity contribution < 1.29 is 14.3 Å². The molecule has 0 aliphatic rings. The second-order valence-electron chi connectivity index (χ2n) is 5.29. The van der Waals surface area contributed by atoms with Gasteiger partial charge in [-0.25, -0.2) is 0 Å². The number of aromatic nitrogens is 2. The topological polar surface area (TPSA) is 73.2 Å². The van der Waals surface area contributed by atoms with Gasteiger partial charge in [0.2, 0.25) is 0 Å². The summed E-state index contributed by atoms with van der Waals surface area (Å²) < 4.78 is 6.65. The molecule has 0 fully saturated rings. The molecule has 1 N–H and O–H groups in total. The van der Waals surface area contributed by atoms with Crippen LogP contribution in [0.4, 0.5) is 5.69 Å². The number of halogens is 2. The van der Waals surface area contributed by atoms with Crippen LogP contribution in [0.2, 0.25) is 10.0 Å². The Balaban J connectivity index is 1.88. The molecule has 1 heterocycles. The number of anilines is 1. The summed E-state index contributed by atoms with van der Waals surface area (Å²) in [6.45, 7) is 3.25. The second kappa shape index (κ2) is 7.68. The molecule has 2 aromatic rings. The van der Waals surface area contributed by atoms with Crippen LogP contribution in [0, 0.1) is 13.8 Å². The lowest BCUT2D eigenvalue weighted by atomic mass is 10.1. The molecule has 1 aromatic heterocycles. The molecule has 1 amide bonds. The summed E-state index contributed by atoms with van der Waals surface area (Å²) in [5.74, 6) is -0.973. The summed E-state index contributed by atoms with van der Waals surface area (Å²) >= 11 is 11.8. The lowest BCUT2D eigenvalue weighted by molar-refractivity contribution is -0.146. The number of esters is 1. The zero-order chi connectivity index (χ0) is 17.9. The van der Waals surface area contributed by atoms with Crippen molar-refractivity contribution in [3.8, 4) is 0 Å². The van der Waals surface area contributed by atoms with Gasteiger partial charge in [-0.1, -0.05) is 29.3 Å². The first kappa shape index (κ1) is 18.3. The fourth-order valence-corrected chi connectivity index (χ4v) is 2.62. The van der Waals surface area contributed by atoms with E-state index in [0.717, 1.165) is 5.69 Å². The van der Waals surface area contributed by atoms with Crippen molar-refractivity contribution in [2.75, 3.05) is 11.9 Å². The first-order chi connectivity index (χ1) is 11.3. The van der Waals surface area contributed by atoms with Crippen LogP contribution in [0.5, 0.6) is 0 Å². The minimum atomic E-state index is -0.547. The third kappa shape index (κ3) is 4.49. The van der Waals surface area contributed by atoms with E-state index >= 15 is 0 Å². The van der Waals surface area contributed by atoms with E-state index in [-0.39, 0.29) is 13.0 Å². The van der Waals surface area contributed by atoms with Crippen LogP contribution >= 0.6 is 23.2 Å². The number of carbonyl (C=O) groups is 2. The molecule has 0 saturated carbocycles.